The Morgan fingerprint density at radius 1 is 1.10 bits per heavy atom. The smallest absolute Gasteiger partial charge is 0.116 e. The van der Waals surface area contributed by atoms with Crippen LogP contribution in [0.1, 0.15) is 35.2 Å². The van der Waals surface area contributed by atoms with Gasteiger partial charge in [0.15, 0.2) is 0 Å². The van der Waals surface area contributed by atoms with Crippen molar-refractivity contribution in [3.8, 4) is 0 Å². The van der Waals surface area contributed by atoms with Gasteiger partial charge in [-0.25, -0.2) is 9.97 Å². The zero-order valence-corrected chi connectivity index (χ0v) is 12.0. The predicted molar refractivity (Wildman–Crippen MR) is 88.5 cm³/mol. The molecule has 21 heavy (non-hydrogen) atoms. The molecule has 0 spiro atoms. The Kier molecular flexibility index (Phi) is 3.78. The average Bonchev–Trinajstić information content (AvgIpc) is 3.00. The number of hydrogen-bond donors (Lipinski definition) is 0. The van der Waals surface area contributed by atoms with E-state index in [1.54, 1.807) is 12.5 Å². The van der Waals surface area contributed by atoms with Crippen molar-refractivity contribution < 1.29 is 0 Å². The van der Waals surface area contributed by atoms with Gasteiger partial charge < -0.3 is 0 Å². The molecular weight excluding hydrogens is 256 g/mol. The van der Waals surface area contributed by atoms with E-state index < -0.39 is 0 Å². The quantitative estimate of drug-likeness (QED) is 0.799. The number of rotatable bonds is 5. The van der Waals surface area contributed by atoms with Crippen LogP contribution in [0.15, 0.2) is 56.0 Å². The van der Waals surface area contributed by atoms with Crippen molar-refractivity contribution in [1.82, 2.24) is 9.97 Å². The molecule has 0 unspecified atom stereocenters. The second-order valence-electron chi connectivity index (χ2n) is 5.32. The number of hydrogen-bond acceptors (Lipinski definition) is 2. The molecule has 1 aliphatic rings. The van der Waals surface area contributed by atoms with Crippen LogP contribution in [0.3, 0.4) is 0 Å². The molecule has 104 valence electrons. The van der Waals surface area contributed by atoms with Gasteiger partial charge in [0.1, 0.15) is 6.33 Å². The fraction of sp³-hybridized carbons (Fsp3) is 0.158. The molecule has 1 heterocycles. The van der Waals surface area contributed by atoms with Crippen LogP contribution < -0.4 is 0 Å². The third kappa shape index (κ3) is 3.00. The largest absolute Gasteiger partial charge is 0.245 e. The van der Waals surface area contributed by atoms with E-state index in [1.807, 2.05) is 6.07 Å². The van der Waals surface area contributed by atoms with Crippen LogP contribution in [-0.4, -0.2) is 9.97 Å². The van der Waals surface area contributed by atoms with E-state index in [4.69, 9.17) is 0 Å². The molecule has 2 aromatic rings. The second-order valence-corrected chi connectivity index (χ2v) is 5.32. The maximum Gasteiger partial charge on any atom is 0.116 e. The lowest BCUT2D eigenvalue weighted by Crippen LogP contribution is -1.91. The van der Waals surface area contributed by atoms with E-state index in [1.165, 1.54) is 16.7 Å². The zero-order valence-electron chi connectivity index (χ0n) is 12.0. The third-order valence-electron chi connectivity index (χ3n) is 3.86. The highest BCUT2D eigenvalue weighted by Crippen LogP contribution is 2.27. The van der Waals surface area contributed by atoms with Crippen LogP contribution in [0.25, 0.3) is 17.2 Å². The predicted octanol–water partition coefficient (Wildman–Crippen LogP) is 4.55. The first kappa shape index (κ1) is 13.5. The van der Waals surface area contributed by atoms with Gasteiger partial charge in [-0.1, -0.05) is 37.4 Å². The van der Waals surface area contributed by atoms with E-state index >= 15 is 0 Å². The van der Waals surface area contributed by atoms with Crippen molar-refractivity contribution in [1.29, 1.82) is 0 Å². The van der Waals surface area contributed by atoms with Crippen LogP contribution >= 0.6 is 0 Å². The van der Waals surface area contributed by atoms with Crippen molar-refractivity contribution in [3.63, 3.8) is 0 Å². The molecule has 0 bridgehead atoms. The van der Waals surface area contributed by atoms with Crippen molar-refractivity contribution in [2.24, 2.45) is 0 Å². The summed E-state index contributed by atoms with van der Waals surface area (Å²) in [5.41, 5.74) is 7.03. The number of aromatic nitrogens is 2. The van der Waals surface area contributed by atoms with E-state index in [9.17, 15) is 0 Å². The van der Waals surface area contributed by atoms with Gasteiger partial charge >= 0.3 is 0 Å². The number of fused-ring (bicyclic) bond motifs is 1. The third-order valence-corrected chi connectivity index (χ3v) is 3.86. The molecule has 0 saturated heterocycles. The fourth-order valence-corrected chi connectivity index (χ4v) is 2.54. The minimum Gasteiger partial charge on any atom is -0.245 e. The van der Waals surface area contributed by atoms with E-state index in [0.717, 1.165) is 36.1 Å². The summed E-state index contributed by atoms with van der Waals surface area (Å²) in [4.78, 5) is 8.15. The van der Waals surface area contributed by atoms with Gasteiger partial charge in [-0.15, -0.1) is 0 Å². The standard InChI is InChI=1S/C19H18N2/c1-14(6-7-15(2)19-10-11-20-13-21-19)17-9-8-16-4-3-5-18(16)12-17/h3,5,8-13H,1-2,4,6-7H2. The van der Waals surface area contributed by atoms with E-state index in [2.05, 4.69) is 53.5 Å². The van der Waals surface area contributed by atoms with Crippen molar-refractivity contribution >= 4 is 17.2 Å². The molecule has 0 aliphatic heterocycles. The molecule has 0 N–H and O–H groups in total. The van der Waals surface area contributed by atoms with Gasteiger partial charge in [0.05, 0.1) is 5.69 Å². The highest BCUT2D eigenvalue weighted by atomic mass is 14.8. The first-order valence-electron chi connectivity index (χ1n) is 7.16. The zero-order chi connectivity index (χ0) is 14.7. The summed E-state index contributed by atoms with van der Waals surface area (Å²) in [5, 5.41) is 0. The van der Waals surface area contributed by atoms with Gasteiger partial charge in [-0.05, 0) is 59.2 Å². The molecule has 0 saturated carbocycles. The van der Waals surface area contributed by atoms with Gasteiger partial charge in [-0.3, -0.25) is 0 Å². The van der Waals surface area contributed by atoms with Crippen LogP contribution in [0.5, 0.6) is 0 Å². The summed E-state index contributed by atoms with van der Waals surface area (Å²) in [6.07, 6.45) is 10.5. The van der Waals surface area contributed by atoms with E-state index in [-0.39, 0.29) is 0 Å². The maximum atomic E-state index is 4.23. The minimum atomic E-state index is 0.864. The lowest BCUT2D eigenvalue weighted by Gasteiger charge is -2.09. The molecule has 0 fully saturated rings. The summed E-state index contributed by atoms with van der Waals surface area (Å²) in [6.45, 7) is 8.32. The molecule has 2 nitrogen and oxygen atoms in total. The Morgan fingerprint density at radius 2 is 1.95 bits per heavy atom. The minimum absolute atomic E-state index is 0.864. The van der Waals surface area contributed by atoms with Crippen LogP contribution in [0, 0.1) is 0 Å². The monoisotopic (exact) mass is 274 g/mol. The molecule has 0 atom stereocenters. The van der Waals surface area contributed by atoms with Crippen LogP contribution in [0.4, 0.5) is 0 Å². The number of nitrogens with zero attached hydrogens (tertiary/aromatic N) is 2. The Balaban J connectivity index is 1.64. The average molecular weight is 274 g/mol. The van der Waals surface area contributed by atoms with Gasteiger partial charge in [0, 0.05) is 6.20 Å². The topological polar surface area (TPSA) is 25.8 Å². The lowest BCUT2D eigenvalue weighted by molar-refractivity contribution is 1.05. The summed E-state index contributed by atoms with van der Waals surface area (Å²) in [6, 6.07) is 8.50. The summed E-state index contributed by atoms with van der Waals surface area (Å²) < 4.78 is 0. The van der Waals surface area contributed by atoms with Gasteiger partial charge in [-0.2, -0.15) is 0 Å². The molecule has 0 amide bonds. The molecule has 2 heteroatoms. The summed E-state index contributed by atoms with van der Waals surface area (Å²) in [7, 11) is 0. The Bertz CT molecular complexity index is 712. The molecule has 1 aromatic heterocycles. The van der Waals surface area contributed by atoms with Crippen LogP contribution in [-0.2, 0) is 6.42 Å². The Labute approximate surface area is 125 Å². The van der Waals surface area contributed by atoms with Crippen LogP contribution in [0.2, 0.25) is 0 Å². The fourth-order valence-electron chi connectivity index (χ4n) is 2.54. The maximum absolute atomic E-state index is 4.23. The van der Waals surface area contributed by atoms with Gasteiger partial charge in [0.2, 0.25) is 0 Å². The second kappa shape index (κ2) is 5.88. The first-order valence-corrected chi connectivity index (χ1v) is 7.16. The van der Waals surface area contributed by atoms with Crippen molar-refractivity contribution in [2.75, 3.05) is 0 Å². The first-order chi connectivity index (χ1) is 10.2. The summed E-state index contributed by atoms with van der Waals surface area (Å²) >= 11 is 0. The number of benzene rings is 1. The normalized spacial score (nSPS) is 12.2. The number of allylic oxidation sites excluding steroid dienone is 3. The van der Waals surface area contributed by atoms with Crippen molar-refractivity contribution in [3.05, 3.63) is 78.4 Å². The SMILES string of the molecule is C=C(CCC(=C)c1ccncn1)c1ccc2c(c1)C=CC2. The highest BCUT2D eigenvalue weighted by molar-refractivity contribution is 5.71. The molecule has 1 aromatic carbocycles. The molecule has 3 rings (SSSR count). The summed E-state index contributed by atoms with van der Waals surface area (Å²) in [5.74, 6) is 0. The van der Waals surface area contributed by atoms with Crippen molar-refractivity contribution in [2.45, 2.75) is 19.3 Å². The Hall–Kier alpha value is -2.48. The Morgan fingerprint density at radius 3 is 2.76 bits per heavy atom. The lowest BCUT2D eigenvalue weighted by atomic mass is 9.96. The molecule has 1 aliphatic carbocycles. The van der Waals surface area contributed by atoms with Gasteiger partial charge in [0.25, 0.3) is 0 Å². The molecular formula is C19H18N2. The highest BCUT2D eigenvalue weighted by Gasteiger charge is 2.08. The van der Waals surface area contributed by atoms with E-state index in [0.29, 0.717) is 0 Å². The molecule has 0 radical (unpaired) electrons.